The lowest BCUT2D eigenvalue weighted by Crippen LogP contribution is -2.35. The average Bonchev–Trinajstić information content (AvgIpc) is 2.48. The highest BCUT2D eigenvalue weighted by Gasteiger charge is 2.26. The van der Waals surface area contributed by atoms with Crippen LogP contribution in [0.2, 0.25) is 0 Å². The molecule has 106 valence electrons. The van der Waals surface area contributed by atoms with Crippen LogP contribution in [0.5, 0.6) is 0 Å². The van der Waals surface area contributed by atoms with E-state index in [0.717, 1.165) is 5.57 Å². The molecule has 0 atom stereocenters. The summed E-state index contributed by atoms with van der Waals surface area (Å²) in [7, 11) is -1.93. The van der Waals surface area contributed by atoms with Crippen molar-refractivity contribution in [3.8, 4) is 6.07 Å². The van der Waals surface area contributed by atoms with Crippen LogP contribution in [0.3, 0.4) is 0 Å². The van der Waals surface area contributed by atoms with E-state index in [2.05, 4.69) is 4.98 Å². The van der Waals surface area contributed by atoms with Crippen molar-refractivity contribution < 1.29 is 13.2 Å². The summed E-state index contributed by atoms with van der Waals surface area (Å²) < 4.78 is 31.2. The van der Waals surface area contributed by atoms with Crippen molar-refractivity contribution in [1.82, 2.24) is 9.29 Å². The van der Waals surface area contributed by atoms with E-state index in [1.165, 1.54) is 22.6 Å². The first kappa shape index (κ1) is 14.7. The number of rotatable bonds is 4. The second kappa shape index (κ2) is 6.13. The number of hydrogen-bond donors (Lipinski definition) is 0. The molecule has 0 N–H and O–H groups in total. The highest BCUT2D eigenvalue weighted by atomic mass is 32.2. The molecule has 1 aliphatic rings. The molecule has 0 unspecified atom stereocenters. The maximum atomic E-state index is 12.4. The maximum Gasteiger partial charge on any atom is 0.244 e. The third kappa shape index (κ3) is 3.04. The van der Waals surface area contributed by atoms with E-state index in [9.17, 15) is 8.42 Å². The Morgan fingerprint density at radius 1 is 1.50 bits per heavy atom. The number of nitriles is 1. The predicted molar refractivity (Wildman–Crippen MR) is 72.3 cm³/mol. The summed E-state index contributed by atoms with van der Waals surface area (Å²) in [5, 5.41) is 8.67. The van der Waals surface area contributed by atoms with Crippen LogP contribution in [0, 0.1) is 11.3 Å². The van der Waals surface area contributed by atoms with Crippen molar-refractivity contribution in [2.24, 2.45) is 0 Å². The van der Waals surface area contributed by atoms with Gasteiger partial charge in [-0.15, -0.1) is 0 Å². The zero-order valence-corrected chi connectivity index (χ0v) is 11.9. The van der Waals surface area contributed by atoms with Crippen molar-refractivity contribution in [3.05, 3.63) is 35.7 Å². The summed E-state index contributed by atoms with van der Waals surface area (Å²) in [6, 6.07) is 4.68. The molecule has 1 aliphatic heterocycles. The summed E-state index contributed by atoms with van der Waals surface area (Å²) in [4.78, 5) is 3.91. The molecule has 0 radical (unpaired) electrons. The fourth-order valence-corrected chi connectivity index (χ4v) is 3.30. The number of nitrogens with zero attached hydrogens (tertiary/aromatic N) is 3. The Hall–Kier alpha value is -1.75. The van der Waals surface area contributed by atoms with Crippen LogP contribution in [0.4, 0.5) is 0 Å². The Kier molecular flexibility index (Phi) is 4.49. The van der Waals surface area contributed by atoms with Crippen LogP contribution >= 0.6 is 0 Å². The number of pyridine rings is 1. The fourth-order valence-electron chi connectivity index (χ4n) is 1.98. The van der Waals surface area contributed by atoms with Gasteiger partial charge in [-0.3, -0.25) is 0 Å². The Bertz CT molecular complexity index is 644. The van der Waals surface area contributed by atoms with Gasteiger partial charge in [0.05, 0.1) is 6.61 Å². The lowest BCUT2D eigenvalue weighted by molar-refractivity contribution is 0.219. The molecule has 6 nitrogen and oxygen atoms in total. The Balaban J connectivity index is 2.17. The Labute approximate surface area is 118 Å². The van der Waals surface area contributed by atoms with Crippen molar-refractivity contribution in [3.63, 3.8) is 0 Å². The van der Waals surface area contributed by atoms with E-state index in [0.29, 0.717) is 26.1 Å². The van der Waals surface area contributed by atoms with Gasteiger partial charge in [0.15, 0.2) is 0 Å². The smallest absolute Gasteiger partial charge is 0.244 e. The highest BCUT2D eigenvalue weighted by Crippen LogP contribution is 2.20. The van der Waals surface area contributed by atoms with Gasteiger partial charge in [-0.1, -0.05) is 6.08 Å². The molecule has 7 heteroatoms. The van der Waals surface area contributed by atoms with Gasteiger partial charge in [-0.2, -0.15) is 9.57 Å². The lowest BCUT2D eigenvalue weighted by atomic mass is 10.1. The third-order valence-electron chi connectivity index (χ3n) is 3.08. The normalized spacial score (nSPS) is 16.5. The largest absolute Gasteiger partial charge is 0.380 e. The minimum atomic E-state index is -3.55. The number of sulfonamides is 1. The van der Waals surface area contributed by atoms with Crippen LogP contribution in [0.25, 0.3) is 0 Å². The SMILES string of the molecule is COCC1=CCN(S(=O)(=O)c2ccc(C#N)nc2)CC1. The summed E-state index contributed by atoms with van der Waals surface area (Å²) in [5.74, 6) is 0. The molecule has 0 amide bonds. The van der Waals surface area contributed by atoms with E-state index in [1.807, 2.05) is 12.1 Å². The molecule has 0 fully saturated rings. The van der Waals surface area contributed by atoms with Crippen molar-refractivity contribution in [2.75, 3.05) is 26.8 Å². The second-order valence-corrected chi connectivity index (χ2v) is 6.34. The molecule has 0 bridgehead atoms. The van der Waals surface area contributed by atoms with Gasteiger partial charge in [0, 0.05) is 26.4 Å². The molecule has 20 heavy (non-hydrogen) atoms. The molecule has 1 aromatic rings. The Morgan fingerprint density at radius 3 is 2.80 bits per heavy atom. The third-order valence-corrected chi connectivity index (χ3v) is 4.93. The Morgan fingerprint density at radius 2 is 2.30 bits per heavy atom. The monoisotopic (exact) mass is 293 g/mol. The van der Waals surface area contributed by atoms with Gasteiger partial charge in [0.1, 0.15) is 16.7 Å². The molecule has 0 saturated carbocycles. The lowest BCUT2D eigenvalue weighted by Gasteiger charge is -2.25. The van der Waals surface area contributed by atoms with E-state index in [1.54, 1.807) is 7.11 Å². The first-order chi connectivity index (χ1) is 9.57. The van der Waals surface area contributed by atoms with Crippen molar-refractivity contribution in [1.29, 1.82) is 5.26 Å². The average molecular weight is 293 g/mol. The standard InChI is InChI=1S/C13H15N3O3S/c1-19-10-11-4-6-16(7-5-11)20(17,18)13-3-2-12(8-14)15-9-13/h2-4,9H,5-7,10H2,1H3. The number of hydrogen-bond acceptors (Lipinski definition) is 5. The molecule has 0 spiro atoms. The number of methoxy groups -OCH3 is 1. The minimum absolute atomic E-state index is 0.111. The number of ether oxygens (including phenoxy) is 1. The van der Waals surface area contributed by atoms with Gasteiger partial charge >= 0.3 is 0 Å². The van der Waals surface area contributed by atoms with E-state index in [-0.39, 0.29) is 10.6 Å². The van der Waals surface area contributed by atoms with Crippen LogP contribution in [0.15, 0.2) is 34.9 Å². The molecule has 0 saturated heterocycles. The van der Waals surface area contributed by atoms with Crippen LogP contribution in [0.1, 0.15) is 12.1 Å². The van der Waals surface area contributed by atoms with E-state index < -0.39 is 10.0 Å². The minimum Gasteiger partial charge on any atom is -0.380 e. The van der Waals surface area contributed by atoms with Gasteiger partial charge in [0.25, 0.3) is 0 Å². The summed E-state index contributed by atoms with van der Waals surface area (Å²) in [6.07, 6.45) is 3.76. The van der Waals surface area contributed by atoms with Gasteiger partial charge in [0.2, 0.25) is 10.0 Å². The quantitative estimate of drug-likeness (QED) is 0.771. The molecule has 1 aromatic heterocycles. The fraction of sp³-hybridized carbons (Fsp3) is 0.385. The summed E-state index contributed by atoms with van der Waals surface area (Å²) >= 11 is 0. The summed E-state index contributed by atoms with van der Waals surface area (Å²) in [5.41, 5.74) is 1.31. The van der Waals surface area contributed by atoms with Crippen LogP contribution in [-0.2, 0) is 14.8 Å². The van der Waals surface area contributed by atoms with E-state index >= 15 is 0 Å². The first-order valence-electron chi connectivity index (χ1n) is 6.11. The summed E-state index contributed by atoms with van der Waals surface area (Å²) in [6.45, 7) is 1.30. The van der Waals surface area contributed by atoms with Crippen LogP contribution < -0.4 is 0 Å². The van der Waals surface area contributed by atoms with Gasteiger partial charge in [-0.25, -0.2) is 13.4 Å². The van der Waals surface area contributed by atoms with Crippen molar-refractivity contribution in [2.45, 2.75) is 11.3 Å². The highest BCUT2D eigenvalue weighted by molar-refractivity contribution is 7.89. The maximum absolute atomic E-state index is 12.4. The van der Waals surface area contributed by atoms with Crippen LogP contribution in [-0.4, -0.2) is 44.5 Å². The molecule has 0 aromatic carbocycles. The van der Waals surface area contributed by atoms with Gasteiger partial charge in [-0.05, 0) is 24.1 Å². The van der Waals surface area contributed by atoms with E-state index in [4.69, 9.17) is 10.00 Å². The van der Waals surface area contributed by atoms with Crippen molar-refractivity contribution >= 4 is 10.0 Å². The van der Waals surface area contributed by atoms with Gasteiger partial charge < -0.3 is 4.74 Å². The predicted octanol–water partition coefficient (Wildman–Crippen LogP) is 0.920. The molecular weight excluding hydrogens is 278 g/mol. The second-order valence-electron chi connectivity index (χ2n) is 4.40. The topological polar surface area (TPSA) is 83.3 Å². The zero-order chi connectivity index (χ0) is 14.6. The molecule has 2 rings (SSSR count). The molecule has 0 aliphatic carbocycles. The number of aromatic nitrogens is 1. The molecule has 2 heterocycles. The first-order valence-corrected chi connectivity index (χ1v) is 7.55. The molecular formula is C13H15N3O3S. The zero-order valence-electron chi connectivity index (χ0n) is 11.1.